The van der Waals surface area contributed by atoms with Gasteiger partial charge in [-0.15, -0.1) is 0 Å². The summed E-state index contributed by atoms with van der Waals surface area (Å²) < 4.78 is 0. The van der Waals surface area contributed by atoms with E-state index < -0.39 is 0 Å². The first-order valence-corrected chi connectivity index (χ1v) is 5.91. The van der Waals surface area contributed by atoms with Crippen LogP contribution in [0.5, 0.6) is 0 Å². The minimum absolute atomic E-state index is 0.0315. The monoisotopic (exact) mass is 196 g/mol. The molecule has 4 aliphatic rings. The molecular weight excluding hydrogens is 176 g/mol. The van der Waals surface area contributed by atoms with E-state index in [0.29, 0.717) is 12.1 Å². The predicted octanol–water partition coefficient (Wildman–Crippen LogP) is 0.0957. The molecule has 2 bridgehead atoms. The summed E-state index contributed by atoms with van der Waals surface area (Å²) in [5.41, 5.74) is 0. The number of aliphatic hydroxyl groups excluding tert-OH is 1. The summed E-state index contributed by atoms with van der Waals surface area (Å²) >= 11 is 0. The van der Waals surface area contributed by atoms with E-state index in [2.05, 4.69) is 17.6 Å². The van der Waals surface area contributed by atoms with E-state index in [1.54, 1.807) is 0 Å². The summed E-state index contributed by atoms with van der Waals surface area (Å²) in [4.78, 5) is 0. The van der Waals surface area contributed by atoms with Crippen molar-refractivity contribution in [1.29, 1.82) is 0 Å². The Morgan fingerprint density at radius 1 is 1.36 bits per heavy atom. The third-order valence-corrected chi connectivity index (χ3v) is 4.40. The first-order valence-electron chi connectivity index (χ1n) is 5.91. The van der Waals surface area contributed by atoms with Crippen molar-refractivity contribution in [1.82, 2.24) is 10.6 Å². The van der Waals surface area contributed by atoms with Crippen molar-refractivity contribution in [3.63, 3.8) is 0 Å². The van der Waals surface area contributed by atoms with Gasteiger partial charge in [0.15, 0.2) is 0 Å². The van der Waals surface area contributed by atoms with Crippen LogP contribution in [0.1, 0.15) is 26.2 Å². The molecule has 4 fully saturated rings. The fourth-order valence-electron chi connectivity index (χ4n) is 3.48. The molecule has 80 valence electrons. The lowest BCUT2D eigenvalue weighted by Crippen LogP contribution is -2.55. The van der Waals surface area contributed by atoms with E-state index in [4.69, 9.17) is 0 Å². The van der Waals surface area contributed by atoms with E-state index in [9.17, 15) is 5.11 Å². The third kappa shape index (κ3) is 1.30. The molecule has 2 aliphatic heterocycles. The highest BCUT2D eigenvalue weighted by atomic mass is 16.3. The lowest BCUT2D eigenvalue weighted by molar-refractivity contribution is 0.0462. The normalized spacial score (nSPS) is 52.3. The van der Waals surface area contributed by atoms with Gasteiger partial charge in [0, 0.05) is 18.1 Å². The van der Waals surface area contributed by atoms with Crippen LogP contribution in [-0.4, -0.2) is 35.9 Å². The molecule has 3 N–H and O–H groups in total. The average molecular weight is 196 g/mol. The molecular formula is C11H20N2O. The minimum Gasteiger partial charge on any atom is -0.393 e. The zero-order chi connectivity index (χ0) is 9.71. The molecule has 2 heterocycles. The van der Waals surface area contributed by atoms with Crippen LogP contribution in [0, 0.1) is 11.8 Å². The summed E-state index contributed by atoms with van der Waals surface area (Å²) in [6.45, 7) is 3.54. The van der Waals surface area contributed by atoms with Crippen LogP contribution in [0.25, 0.3) is 0 Å². The lowest BCUT2D eigenvalue weighted by atomic mass is 9.70. The van der Waals surface area contributed by atoms with Gasteiger partial charge in [-0.05, 0) is 44.6 Å². The standard InChI is InChI=1S/C11H20N2O/c1-6(13-8-3-9(14)4-8)11-7-2-10(11)12-5-7/h6-14H,2-5H2,1H3. The molecule has 14 heavy (non-hydrogen) atoms. The van der Waals surface area contributed by atoms with Crippen molar-refractivity contribution in [3.8, 4) is 0 Å². The zero-order valence-corrected chi connectivity index (χ0v) is 8.74. The second-order valence-electron chi connectivity index (χ2n) is 5.37. The Hall–Kier alpha value is -0.120. The van der Waals surface area contributed by atoms with Gasteiger partial charge in [0.25, 0.3) is 0 Å². The molecule has 0 aromatic carbocycles. The van der Waals surface area contributed by atoms with E-state index in [-0.39, 0.29) is 6.10 Å². The smallest absolute Gasteiger partial charge is 0.0570 e. The maximum atomic E-state index is 9.20. The summed E-state index contributed by atoms with van der Waals surface area (Å²) in [5.74, 6) is 1.78. The summed E-state index contributed by atoms with van der Waals surface area (Å²) in [6.07, 6.45) is 3.28. The second kappa shape index (κ2) is 3.19. The number of nitrogens with one attached hydrogen (secondary N) is 2. The number of aliphatic hydroxyl groups is 1. The van der Waals surface area contributed by atoms with Gasteiger partial charge in [0.1, 0.15) is 0 Å². The predicted molar refractivity (Wildman–Crippen MR) is 55.0 cm³/mol. The lowest BCUT2D eigenvalue weighted by Gasteiger charge is -2.43. The Bertz CT molecular complexity index is 213. The van der Waals surface area contributed by atoms with Gasteiger partial charge in [-0.1, -0.05) is 0 Å². The van der Waals surface area contributed by atoms with Crippen LogP contribution in [0.4, 0.5) is 0 Å². The molecule has 4 unspecified atom stereocenters. The van der Waals surface area contributed by atoms with E-state index >= 15 is 0 Å². The first kappa shape index (κ1) is 9.13. The molecule has 3 heteroatoms. The Morgan fingerprint density at radius 3 is 2.64 bits per heavy atom. The Kier molecular flexibility index (Phi) is 2.08. The molecule has 4 rings (SSSR count). The zero-order valence-electron chi connectivity index (χ0n) is 8.74. The van der Waals surface area contributed by atoms with Crippen LogP contribution in [0.3, 0.4) is 0 Å². The Balaban J connectivity index is 1.49. The Morgan fingerprint density at radius 2 is 2.14 bits per heavy atom. The van der Waals surface area contributed by atoms with E-state index in [1.165, 1.54) is 13.0 Å². The third-order valence-electron chi connectivity index (χ3n) is 4.40. The van der Waals surface area contributed by atoms with Crippen LogP contribution < -0.4 is 10.6 Å². The van der Waals surface area contributed by atoms with Crippen molar-refractivity contribution >= 4 is 0 Å². The van der Waals surface area contributed by atoms with Crippen molar-refractivity contribution in [2.75, 3.05) is 6.54 Å². The van der Waals surface area contributed by atoms with Gasteiger partial charge in [0.05, 0.1) is 6.10 Å². The van der Waals surface area contributed by atoms with Crippen molar-refractivity contribution in [2.45, 2.75) is 50.4 Å². The summed E-state index contributed by atoms with van der Waals surface area (Å²) in [7, 11) is 0. The fourth-order valence-corrected chi connectivity index (χ4v) is 3.48. The van der Waals surface area contributed by atoms with Crippen molar-refractivity contribution < 1.29 is 5.11 Å². The van der Waals surface area contributed by atoms with Gasteiger partial charge in [-0.3, -0.25) is 0 Å². The molecule has 2 aliphatic carbocycles. The van der Waals surface area contributed by atoms with Gasteiger partial charge < -0.3 is 15.7 Å². The number of hydrogen-bond acceptors (Lipinski definition) is 3. The molecule has 0 amide bonds. The van der Waals surface area contributed by atoms with Gasteiger partial charge in [-0.2, -0.15) is 0 Å². The molecule has 0 spiro atoms. The molecule has 0 radical (unpaired) electrons. The van der Waals surface area contributed by atoms with E-state index in [0.717, 1.165) is 30.7 Å². The largest absolute Gasteiger partial charge is 0.393 e. The maximum Gasteiger partial charge on any atom is 0.0570 e. The van der Waals surface area contributed by atoms with Gasteiger partial charge >= 0.3 is 0 Å². The SMILES string of the molecule is CC(NC1CC(O)C1)C1C2CNC1C2. The summed E-state index contributed by atoms with van der Waals surface area (Å²) in [6, 6.07) is 2.00. The van der Waals surface area contributed by atoms with Crippen LogP contribution >= 0.6 is 0 Å². The van der Waals surface area contributed by atoms with Crippen molar-refractivity contribution in [3.05, 3.63) is 0 Å². The molecule has 2 saturated heterocycles. The quantitative estimate of drug-likeness (QED) is 0.599. The minimum atomic E-state index is -0.0315. The topological polar surface area (TPSA) is 44.3 Å². The van der Waals surface area contributed by atoms with Crippen LogP contribution in [0.15, 0.2) is 0 Å². The van der Waals surface area contributed by atoms with Crippen molar-refractivity contribution in [2.24, 2.45) is 11.8 Å². The number of hydrogen-bond donors (Lipinski definition) is 3. The van der Waals surface area contributed by atoms with Gasteiger partial charge in [0.2, 0.25) is 0 Å². The average Bonchev–Trinajstić information content (AvgIpc) is 2.60. The van der Waals surface area contributed by atoms with E-state index in [1.807, 2.05) is 0 Å². The highest BCUT2D eigenvalue weighted by Crippen LogP contribution is 2.42. The van der Waals surface area contributed by atoms with Crippen LogP contribution in [-0.2, 0) is 0 Å². The summed E-state index contributed by atoms with van der Waals surface area (Å²) in [5, 5.41) is 16.4. The number of fused-ring (bicyclic) bond motifs is 1. The molecule has 0 aromatic heterocycles. The highest BCUT2D eigenvalue weighted by molar-refractivity contribution is 5.06. The maximum absolute atomic E-state index is 9.20. The fraction of sp³-hybridized carbons (Fsp3) is 1.00. The Labute approximate surface area is 85.3 Å². The highest BCUT2D eigenvalue weighted by Gasteiger charge is 2.49. The molecule has 4 atom stereocenters. The second-order valence-corrected chi connectivity index (χ2v) is 5.37. The molecule has 0 aromatic rings. The first-order chi connectivity index (χ1) is 6.74. The molecule has 3 nitrogen and oxygen atoms in total. The number of rotatable bonds is 3. The van der Waals surface area contributed by atoms with Gasteiger partial charge in [-0.25, -0.2) is 0 Å². The molecule has 2 saturated carbocycles. The van der Waals surface area contributed by atoms with Crippen LogP contribution in [0.2, 0.25) is 0 Å².